The summed E-state index contributed by atoms with van der Waals surface area (Å²) in [5.74, 6) is 0.258. The predicted molar refractivity (Wildman–Crippen MR) is 83.2 cm³/mol. The van der Waals surface area contributed by atoms with Crippen LogP contribution in [0.25, 0.3) is 0 Å². The fourth-order valence-electron chi connectivity index (χ4n) is 1.98. The van der Waals surface area contributed by atoms with Crippen molar-refractivity contribution in [3.63, 3.8) is 0 Å². The zero-order valence-electron chi connectivity index (χ0n) is 11.6. The highest BCUT2D eigenvalue weighted by atomic mass is 32.2. The average Bonchev–Trinajstić information content (AvgIpc) is 2.91. The van der Waals surface area contributed by atoms with Gasteiger partial charge in [-0.15, -0.1) is 23.1 Å². The van der Waals surface area contributed by atoms with Crippen molar-refractivity contribution in [2.45, 2.75) is 49.3 Å². The maximum Gasteiger partial charge on any atom is 0.323 e. The first kappa shape index (κ1) is 16.5. The summed E-state index contributed by atoms with van der Waals surface area (Å²) < 4.78 is 1.30. The molecule has 2 N–H and O–H groups in total. The molecule has 3 nitrogen and oxygen atoms in total. The van der Waals surface area contributed by atoms with Crippen LogP contribution in [-0.2, 0) is 4.79 Å². The van der Waals surface area contributed by atoms with E-state index in [2.05, 4.69) is 23.7 Å². The molecule has 0 amide bonds. The van der Waals surface area contributed by atoms with Crippen molar-refractivity contribution in [1.82, 2.24) is 5.32 Å². The molecule has 0 aliphatic carbocycles. The Hall–Kier alpha value is -0.520. The van der Waals surface area contributed by atoms with Crippen LogP contribution in [0.15, 0.2) is 21.7 Å². The van der Waals surface area contributed by atoms with Crippen LogP contribution in [0.2, 0.25) is 0 Å². The summed E-state index contributed by atoms with van der Waals surface area (Å²) in [5.41, 5.74) is -0.744. The number of hydrogen-bond donors (Lipinski definition) is 2. The largest absolute Gasteiger partial charge is 0.480 e. The Morgan fingerprint density at radius 1 is 1.53 bits per heavy atom. The third kappa shape index (κ3) is 5.16. The number of nitrogens with one attached hydrogen (secondary N) is 1. The SMILES string of the molecule is CCCNC(CC)(CCCSc1cccs1)C(=O)O. The second-order valence-electron chi connectivity index (χ2n) is 4.55. The highest BCUT2D eigenvalue weighted by molar-refractivity contribution is 8.01. The molecule has 5 heteroatoms. The lowest BCUT2D eigenvalue weighted by molar-refractivity contribution is -0.145. The molecule has 0 saturated heterocycles. The Morgan fingerprint density at radius 2 is 2.32 bits per heavy atom. The molecule has 1 aromatic rings. The third-order valence-electron chi connectivity index (χ3n) is 3.21. The molecule has 0 aliphatic heterocycles. The first-order chi connectivity index (χ1) is 9.14. The topological polar surface area (TPSA) is 49.3 Å². The maximum absolute atomic E-state index is 11.5. The van der Waals surface area contributed by atoms with Gasteiger partial charge in [0.05, 0.1) is 4.21 Å². The van der Waals surface area contributed by atoms with Crippen LogP contribution in [0.1, 0.15) is 39.5 Å². The summed E-state index contributed by atoms with van der Waals surface area (Å²) in [6.45, 7) is 4.77. The van der Waals surface area contributed by atoms with Gasteiger partial charge in [-0.2, -0.15) is 0 Å². The van der Waals surface area contributed by atoms with Crippen molar-refractivity contribution in [3.8, 4) is 0 Å². The number of carbonyl (C=O) groups is 1. The minimum atomic E-state index is -0.744. The van der Waals surface area contributed by atoms with E-state index in [9.17, 15) is 9.90 Å². The van der Waals surface area contributed by atoms with E-state index in [1.807, 2.05) is 24.8 Å². The van der Waals surface area contributed by atoms with Crippen molar-refractivity contribution in [2.24, 2.45) is 0 Å². The number of thioether (sulfide) groups is 1. The van der Waals surface area contributed by atoms with Crippen LogP contribution < -0.4 is 5.32 Å². The normalized spacial score (nSPS) is 14.2. The van der Waals surface area contributed by atoms with Gasteiger partial charge in [-0.05, 0) is 49.4 Å². The number of thiophene rings is 1. The highest BCUT2D eigenvalue weighted by Gasteiger charge is 2.35. The number of hydrogen-bond acceptors (Lipinski definition) is 4. The fraction of sp³-hybridized carbons (Fsp3) is 0.643. The van der Waals surface area contributed by atoms with Crippen LogP contribution in [0.5, 0.6) is 0 Å². The Bertz CT molecular complexity index is 368. The maximum atomic E-state index is 11.5. The van der Waals surface area contributed by atoms with E-state index in [0.717, 1.165) is 25.1 Å². The van der Waals surface area contributed by atoms with Gasteiger partial charge in [-0.1, -0.05) is 19.9 Å². The molecule has 0 saturated carbocycles. The van der Waals surface area contributed by atoms with Gasteiger partial charge in [0.2, 0.25) is 0 Å². The molecule has 1 heterocycles. The lowest BCUT2D eigenvalue weighted by Crippen LogP contribution is -2.52. The van der Waals surface area contributed by atoms with Gasteiger partial charge in [0.25, 0.3) is 0 Å². The first-order valence-electron chi connectivity index (χ1n) is 6.79. The molecule has 0 fully saturated rings. The molecular weight excluding hydrogens is 278 g/mol. The Kier molecular flexibility index (Phi) is 7.49. The standard InChI is InChI=1S/C14H23NO2S2/c1-3-9-15-14(4-2,13(16)17)8-6-11-19-12-7-5-10-18-12/h5,7,10,15H,3-4,6,8-9,11H2,1-2H3,(H,16,17). The molecule has 0 aliphatic rings. The van der Waals surface area contributed by atoms with E-state index in [1.165, 1.54) is 4.21 Å². The fourth-order valence-corrected chi connectivity index (χ4v) is 3.78. The van der Waals surface area contributed by atoms with E-state index in [1.54, 1.807) is 11.3 Å². The highest BCUT2D eigenvalue weighted by Crippen LogP contribution is 2.26. The summed E-state index contributed by atoms with van der Waals surface area (Å²) >= 11 is 3.55. The van der Waals surface area contributed by atoms with E-state index in [-0.39, 0.29) is 0 Å². The molecule has 1 rings (SSSR count). The van der Waals surface area contributed by atoms with Crippen LogP contribution in [-0.4, -0.2) is 28.9 Å². The Labute approximate surface area is 123 Å². The van der Waals surface area contributed by atoms with Gasteiger partial charge in [0.15, 0.2) is 0 Å². The molecule has 0 bridgehead atoms. The molecule has 1 unspecified atom stereocenters. The van der Waals surface area contributed by atoms with Crippen molar-refractivity contribution >= 4 is 29.1 Å². The molecule has 0 aromatic carbocycles. The van der Waals surface area contributed by atoms with Gasteiger partial charge >= 0.3 is 5.97 Å². The molecular formula is C14H23NO2S2. The molecule has 108 valence electrons. The minimum absolute atomic E-state index is 0.631. The van der Waals surface area contributed by atoms with Gasteiger partial charge in [0.1, 0.15) is 5.54 Å². The van der Waals surface area contributed by atoms with Crippen LogP contribution in [0.4, 0.5) is 0 Å². The van der Waals surface area contributed by atoms with E-state index >= 15 is 0 Å². The smallest absolute Gasteiger partial charge is 0.323 e. The van der Waals surface area contributed by atoms with E-state index < -0.39 is 11.5 Å². The van der Waals surface area contributed by atoms with Gasteiger partial charge in [-0.25, -0.2) is 0 Å². The molecule has 1 aromatic heterocycles. The van der Waals surface area contributed by atoms with Crippen molar-refractivity contribution in [2.75, 3.05) is 12.3 Å². The van der Waals surface area contributed by atoms with Crippen molar-refractivity contribution in [3.05, 3.63) is 17.5 Å². The van der Waals surface area contributed by atoms with Crippen LogP contribution >= 0.6 is 23.1 Å². The summed E-state index contributed by atoms with van der Waals surface area (Å²) in [5, 5.41) is 14.8. The molecule has 19 heavy (non-hydrogen) atoms. The van der Waals surface area contributed by atoms with Crippen molar-refractivity contribution < 1.29 is 9.90 Å². The second-order valence-corrected chi connectivity index (χ2v) is 6.89. The zero-order chi connectivity index (χ0) is 14.1. The third-order valence-corrected chi connectivity index (χ3v) is 5.43. The quantitative estimate of drug-likeness (QED) is 0.509. The Morgan fingerprint density at radius 3 is 2.84 bits per heavy atom. The predicted octanol–water partition coefficient (Wildman–Crippen LogP) is 3.85. The summed E-state index contributed by atoms with van der Waals surface area (Å²) in [7, 11) is 0. The lowest BCUT2D eigenvalue weighted by atomic mass is 9.90. The lowest BCUT2D eigenvalue weighted by Gasteiger charge is -2.29. The van der Waals surface area contributed by atoms with E-state index in [4.69, 9.17) is 0 Å². The number of rotatable bonds is 10. The average molecular weight is 301 g/mol. The minimum Gasteiger partial charge on any atom is -0.480 e. The number of aliphatic carboxylic acids is 1. The summed E-state index contributed by atoms with van der Waals surface area (Å²) in [6, 6.07) is 4.15. The van der Waals surface area contributed by atoms with Gasteiger partial charge in [0, 0.05) is 0 Å². The van der Waals surface area contributed by atoms with Crippen LogP contribution in [0, 0.1) is 0 Å². The first-order valence-corrected chi connectivity index (χ1v) is 8.66. The zero-order valence-corrected chi connectivity index (χ0v) is 13.3. The molecule has 0 spiro atoms. The number of carboxylic acid groups (broad SMARTS) is 1. The van der Waals surface area contributed by atoms with Crippen LogP contribution in [0.3, 0.4) is 0 Å². The number of carboxylic acids is 1. The molecule has 1 atom stereocenters. The summed E-state index contributed by atoms with van der Waals surface area (Å²) in [4.78, 5) is 11.5. The second kappa shape index (κ2) is 8.61. The summed E-state index contributed by atoms with van der Waals surface area (Å²) in [6.07, 6.45) is 3.20. The molecule has 0 radical (unpaired) electrons. The van der Waals surface area contributed by atoms with E-state index in [0.29, 0.717) is 12.8 Å². The van der Waals surface area contributed by atoms with Gasteiger partial charge < -0.3 is 10.4 Å². The Balaban J connectivity index is 2.41. The van der Waals surface area contributed by atoms with Crippen molar-refractivity contribution in [1.29, 1.82) is 0 Å². The van der Waals surface area contributed by atoms with Gasteiger partial charge in [-0.3, -0.25) is 4.79 Å². The monoisotopic (exact) mass is 301 g/mol.